The van der Waals surface area contributed by atoms with E-state index in [1.54, 1.807) is 12.3 Å². The fourth-order valence-electron chi connectivity index (χ4n) is 2.77. The van der Waals surface area contributed by atoms with Crippen molar-refractivity contribution in [1.82, 2.24) is 25.8 Å². The summed E-state index contributed by atoms with van der Waals surface area (Å²) in [5, 5.41) is 23.3. The standard InChI is InChI=1S/C16H24N6O2/c1-2-17-16(19-11-5-7-12(23)8-6-11)18-10-14-20-15(22-21-14)13-4-3-9-24-13/h3-4,9,11-12,23H,2,5-8,10H2,1H3,(H2,17,18,19)(H,20,21,22). The van der Waals surface area contributed by atoms with Crippen LogP contribution >= 0.6 is 0 Å². The normalized spacial score (nSPS) is 21.7. The smallest absolute Gasteiger partial charge is 0.216 e. The van der Waals surface area contributed by atoms with Crippen molar-refractivity contribution in [3.05, 3.63) is 24.2 Å². The van der Waals surface area contributed by atoms with Crippen molar-refractivity contribution in [2.24, 2.45) is 4.99 Å². The summed E-state index contributed by atoms with van der Waals surface area (Å²) in [5.41, 5.74) is 0. The van der Waals surface area contributed by atoms with Crippen molar-refractivity contribution < 1.29 is 9.52 Å². The number of aromatic amines is 1. The molecule has 1 aliphatic carbocycles. The van der Waals surface area contributed by atoms with Gasteiger partial charge >= 0.3 is 0 Å². The molecular formula is C16H24N6O2. The van der Waals surface area contributed by atoms with E-state index in [2.05, 4.69) is 30.8 Å². The minimum atomic E-state index is -0.156. The van der Waals surface area contributed by atoms with Crippen LogP contribution in [0.3, 0.4) is 0 Å². The lowest BCUT2D eigenvalue weighted by Crippen LogP contribution is -2.45. The number of hydrogen-bond acceptors (Lipinski definition) is 5. The van der Waals surface area contributed by atoms with Crippen LogP contribution in [0.4, 0.5) is 0 Å². The zero-order valence-electron chi connectivity index (χ0n) is 13.8. The van der Waals surface area contributed by atoms with Crippen LogP contribution in [0.5, 0.6) is 0 Å². The van der Waals surface area contributed by atoms with Gasteiger partial charge in [-0.25, -0.2) is 9.98 Å². The van der Waals surface area contributed by atoms with E-state index in [9.17, 15) is 5.11 Å². The molecule has 3 rings (SSSR count). The van der Waals surface area contributed by atoms with E-state index in [4.69, 9.17) is 4.42 Å². The molecule has 0 aromatic carbocycles. The minimum Gasteiger partial charge on any atom is -0.461 e. The molecule has 1 aliphatic rings. The zero-order valence-corrected chi connectivity index (χ0v) is 13.8. The Bertz CT molecular complexity index is 643. The van der Waals surface area contributed by atoms with Gasteiger partial charge in [-0.15, -0.1) is 5.10 Å². The molecular weight excluding hydrogens is 308 g/mol. The summed E-state index contributed by atoms with van der Waals surface area (Å²) >= 11 is 0. The van der Waals surface area contributed by atoms with E-state index in [1.807, 2.05) is 13.0 Å². The number of aliphatic imine (C=N–C) groups is 1. The van der Waals surface area contributed by atoms with Crippen molar-refractivity contribution in [2.75, 3.05) is 6.54 Å². The topological polar surface area (TPSA) is 111 Å². The van der Waals surface area contributed by atoms with Gasteiger partial charge in [-0.1, -0.05) is 0 Å². The molecule has 0 aliphatic heterocycles. The van der Waals surface area contributed by atoms with Crippen LogP contribution in [-0.2, 0) is 6.54 Å². The molecule has 0 spiro atoms. The number of furan rings is 1. The Labute approximate surface area is 140 Å². The minimum absolute atomic E-state index is 0.156. The van der Waals surface area contributed by atoms with Crippen molar-refractivity contribution in [1.29, 1.82) is 0 Å². The van der Waals surface area contributed by atoms with E-state index in [0.29, 0.717) is 30.0 Å². The van der Waals surface area contributed by atoms with Crippen LogP contribution in [0.15, 0.2) is 27.8 Å². The molecule has 24 heavy (non-hydrogen) atoms. The summed E-state index contributed by atoms with van der Waals surface area (Å²) in [4.78, 5) is 8.94. The zero-order chi connectivity index (χ0) is 16.8. The number of aromatic nitrogens is 3. The average molecular weight is 332 g/mol. The molecule has 2 heterocycles. The second-order valence-electron chi connectivity index (χ2n) is 5.93. The first-order valence-electron chi connectivity index (χ1n) is 8.42. The number of nitrogens with one attached hydrogen (secondary N) is 3. The maximum atomic E-state index is 9.60. The Kier molecular flexibility index (Phi) is 5.47. The maximum absolute atomic E-state index is 9.60. The summed E-state index contributed by atoms with van der Waals surface area (Å²) in [6, 6.07) is 3.97. The van der Waals surface area contributed by atoms with Gasteiger partial charge in [-0.3, -0.25) is 5.10 Å². The predicted octanol–water partition coefficient (Wildman–Crippen LogP) is 1.42. The van der Waals surface area contributed by atoms with Gasteiger partial charge in [0.1, 0.15) is 12.4 Å². The van der Waals surface area contributed by atoms with Gasteiger partial charge in [0, 0.05) is 12.6 Å². The second-order valence-corrected chi connectivity index (χ2v) is 5.93. The highest BCUT2D eigenvalue weighted by Crippen LogP contribution is 2.18. The van der Waals surface area contributed by atoms with Crippen LogP contribution in [0.25, 0.3) is 11.6 Å². The number of hydrogen-bond donors (Lipinski definition) is 4. The van der Waals surface area contributed by atoms with Gasteiger partial charge < -0.3 is 20.2 Å². The highest BCUT2D eigenvalue weighted by atomic mass is 16.3. The van der Waals surface area contributed by atoms with Crippen LogP contribution in [0.1, 0.15) is 38.4 Å². The van der Waals surface area contributed by atoms with Crippen molar-refractivity contribution >= 4 is 5.96 Å². The molecule has 2 aromatic rings. The lowest BCUT2D eigenvalue weighted by atomic mass is 9.93. The predicted molar refractivity (Wildman–Crippen MR) is 90.3 cm³/mol. The quantitative estimate of drug-likeness (QED) is 0.487. The van der Waals surface area contributed by atoms with Crippen molar-refractivity contribution in [2.45, 2.75) is 51.3 Å². The van der Waals surface area contributed by atoms with Gasteiger partial charge in [0.05, 0.1) is 12.4 Å². The number of guanidine groups is 1. The number of H-pyrrole nitrogens is 1. The molecule has 130 valence electrons. The summed E-state index contributed by atoms with van der Waals surface area (Å²) in [5.74, 6) is 2.60. The highest BCUT2D eigenvalue weighted by molar-refractivity contribution is 5.80. The summed E-state index contributed by atoms with van der Waals surface area (Å²) < 4.78 is 5.28. The Morgan fingerprint density at radius 1 is 1.42 bits per heavy atom. The van der Waals surface area contributed by atoms with Crippen molar-refractivity contribution in [3.8, 4) is 11.6 Å². The van der Waals surface area contributed by atoms with Crippen LogP contribution in [-0.4, -0.2) is 44.9 Å². The summed E-state index contributed by atoms with van der Waals surface area (Å²) in [6.07, 6.45) is 5.03. The van der Waals surface area contributed by atoms with Gasteiger partial charge in [0.15, 0.2) is 11.7 Å². The monoisotopic (exact) mass is 332 g/mol. The van der Waals surface area contributed by atoms with Crippen molar-refractivity contribution in [3.63, 3.8) is 0 Å². The number of aliphatic hydroxyl groups is 1. The molecule has 8 nitrogen and oxygen atoms in total. The number of nitrogens with zero attached hydrogens (tertiary/aromatic N) is 3. The van der Waals surface area contributed by atoms with Crippen LogP contribution < -0.4 is 10.6 Å². The van der Waals surface area contributed by atoms with Gasteiger partial charge in [0.25, 0.3) is 0 Å². The number of aliphatic hydroxyl groups excluding tert-OH is 1. The van der Waals surface area contributed by atoms with E-state index in [1.165, 1.54) is 0 Å². The molecule has 0 radical (unpaired) electrons. The van der Waals surface area contributed by atoms with E-state index >= 15 is 0 Å². The molecule has 4 N–H and O–H groups in total. The lowest BCUT2D eigenvalue weighted by molar-refractivity contribution is 0.120. The molecule has 0 amide bonds. The Hall–Kier alpha value is -2.35. The fourth-order valence-corrected chi connectivity index (χ4v) is 2.77. The SMILES string of the molecule is CCNC(=NCc1nc(-c2ccco2)n[nH]1)NC1CCC(O)CC1. The Morgan fingerprint density at radius 2 is 2.25 bits per heavy atom. The first-order valence-corrected chi connectivity index (χ1v) is 8.42. The molecule has 1 saturated carbocycles. The van der Waals surface area contributed by atoms with Gasteiger partial charge in [-0.05, 0) is 44.7 Å². The largest absolute Gasteiger partial charge is 0.461 e. The highest BCUT2D eigenvalue weighted by Gasteiger charge is 2.20. The number of rotatable bonds is 5. The second kappa shape index (κ2) is 7.96. The van der Waals surface area contributed by atoms with E-state index in [0.717, 1.165) is 38.2 Å². The third-order valence-corrected chi connectivity index (χ3v) is 4.04. The fraction of sp³-hybridized carbons (Fsp3) is 0.562. The third-order valence-electron chi connectivity index (χ3n) is 4.04. The molecule has 2 aromatic heterocycles. The summed E-state index contributed by atoms with van der Waals surface area (Å²) in [6.45, 7) is 3.22. The molecule has 0 unspecified atom stereocenters. The Morgan fingerprint density at radius 3 is 2.96 bits per heavy atom. The lowest BCUT2D eigenvalue weighted by Gasteiger charge is -2.27. The van der Waals surface area contributed by atoms with Crippen LogP contribution in [0, 0.1) is 0 Å². The average Bonchev–Trinajstić information content (AvgIpc) is 3.26. The molecule has 8 heteroatoms. The molecule has 0 atom stereocenters. The van der Waals surface area contributed by atoms with Gasteiger partial charge in [0.2, 0.25) is 5.82 Å². The van der Waals surface area contributed by atoms with Gasteiger partial charge in [-0.2, -0.15) is 0 Å². The first kappa shape index (κ1) is 16.5. The Balaban J connectivity index is 1.59. The maximum Gasteiger partial charge on any atom is 0.216 e. The van der Waals surface area contributed by atoms with E-state index in [-0.39, 0.29) is 6.10 Å². The van der Waals surface area contributed by atoms with E-state index < -0.39 is 0 Å². The molecule has 1 fully saturated rings. The van der Waals surface area contributed by atoms with Crippen LogP contribution in [0.2, 0.25) is 0 Å². The summed E-state index contributed by atoms with van der Waals surface area (Å²) in [7, 11) is 0. The molecule has 0 bridgehead atoms. The first-order chi connectivity index (χ1) is 11.7. The molecule has 0 saturated heterocycles. The third kappa shape index (κ3) is 4.35.